The van der Waals surface area contributed by atoms with Crippen molar-refractivity contribution in [2.45, 2.75) is 35.9 Å². The molecule has 13 heteroatoms. The maximum atomic E-state index is 14.0. The molecule has 0 heterocycles. The molecule has 3 nitrogen and oxygen atoms in total. The maximum absolute atomic E-state index is 14.0. The van der Waals surface area contributed by atoms with Crippen LogP contribution in [0.1, 0.15) is 38.5 Å². The van der Waals surface area contributed by atoms with Crippen LogP contribution in [0.15, 0.2) is 30.3 Å². The minimum Gasteiger partial charge on any atom is -0.343 e. The summed E-state index contributed by atoms with van der Waals surface area (Å²) in [5.41, 5.74) is -1.99. The second-order valence-electron chi connectivity index (χ2n) is 8.08. The number of carbonyl (C=O) groups is 2. The number of hydrogen-bond acceptors (Lipinski definition) is 2. The van der Waals surface area contributed by atoms with Gasteiger partial charge in [-0.15, -0.1) is 23.2 Å². The van der Waals surface area contributed by atoms with Crippen LogP contribution in [0.5, 0.6) is 0 Å². The van der Waals surface area contributed by atoms with Gasteiger partial charge in [0.2, 0.25) is 0 Å². The Kier molecular flexibility index (Phi) is 7.43. The Morgan fingerprint density at radius 2 is 1.69 bits per heavy atom. The highest BCUT2D eigenvalue weighted by atomic mass is 35.5. The Labute approximate surface area is 209 Å². The van der Waals surface area contributed by atoms with Gasteiger partial charge in [0.1, 0.15) is 22.5 Å². The van der Waals surface area contributed by atoms with Gasteiger partial charge in [-0.1, -0.05) is 23.7 Å². The molecule has 0 radical (unpaired) electrons. The smallest absolute Gasteiger partial charge is 0.343 e. The molecule has 3 rings (SSSR count). The second kappa shape index (κ2) is 9.44. The largest absolute Gasteiger partial charge is 0.419 e. The van der Waals surface area contributed by atoms with E-state index in [2.05, 4.69) is 0 Å². The number of alkyl halides is 8. The molecule has 1 fully saturated rings. The Morgan fingerprint density at radius 3 is 2.26 bits per heavy atom. The van der Waals surface area contributed by atoms with Gasteiger partial charge < -0.3 is 5.32 Å². The van der Waals surface area contributed by atoms with Gasteiger partial charge in [0.05, 0.1) is 22.1 Å². The van der Waals surface area contributed by atoms with Gasteiger partial charge in [0, 0.05) is 12.3 Å². The first-order valence-electron chi connectivity index (χ1n) is 9.84. The molecular weight excluding hydrogens is 550 g/mol. The second-order valence-corrected chi connectivity index (χ2v) is 9.93. The molecule has 1 aliphatic carbocycles. The number of rotatable bonds is 6. The predicted molar refractivity (Wildman–Crippen MR) is 115 cm³/mol. The Balaban J connectivity index is 1.82. The first-order valence-corrected chi connectivity index (χ1v) is 11.0. The van der Waals surface area contributed by atoms with Crippen LogP contribution in [-0.2, 0) is 17.4 Å². The van der Waals surface area contributed by atoms with E-state index in [1.165, 1.54) is 12.1 Å². The van der Waals surface area contributed by atoms with Crippen LogP contribution in [0.3, 0.4) is 0 Å². The molecule has 1 amide bonds. The van der Waals surface area contributed by atoms with Gasteiger partial charge in [-0.05, 0) is 41.8 Å². The van der Waals surface area contributed by atoms with Gasteiger partial charge in [-0.3, -0.25) is 9.59 Å². The van der Waals surface area contributed by atoms with E-state index in [-0.39, 0.29) is 33.7 Å². The van der Waals surface area contributed by atoms with Crippen molar-refractivity contribution in [1.29, 1.82) is 0 Å². The van der Waals surface area contributed by atoms with Crippen LogP contribution in [0.2, 0.25) is 5.02 Å². The third-order valence-corrected chi connectivity index (χ3v) is 6.71. The zero-order chi connectivity index (χ0) is 26.5. The molecule has 1 saturated carbocycles. The van der Waals surface area contributed by atoms with Crippen molar-refractivity contribution in [2.75, 3.05) is 6.54 Å². The summed E-state index contributed by atoms with van der Waals surface area (Å²) in [5.74, 6) is -5.36. The van der Waals surface area contributed by atoms with E-state index < -0.39 is 58.1 Å². The van der Waals surface area contributed by atoms with Crippen LogP contribution in [0.4, 0.5) is 30.7 Å². The van der Waals surface area contributed by atoms with Crippen LogP contribution < -0.4 is 5.32 Å². The third-order valence-electron chi connectivity index (χ3n) is 5.44. The average Bonchev–Trinajstić information content (AvgIpc) is 3.30. The molecule has 2 aromatic carbocycles. The molecular formula is C22H15Cl3F7NO2. The molecule has 2 atom stereocenters. The van der Waals surface area contributed by atoms with Crippen molar-refractivity contribution in [2.24, 2.45) is 5.92 Å². The summed E-state index contributed by atoms with van der Waals surface area (Å²) < 4.78 is 88.9. The van der Waals surface area contributed by atoms with Gasteiger partial charge >= 0.3 is 12.4 Å². The first kappa shape index (κ1) is 27.5. The summed E-state index contributed by atoms with van der Waals surface area (Å²) in [6.45, 7) is -0.455. The molecule has 0 spiro atoms. The summed E-state index contributed by atoms with van der Waals surface area (Å²) in [5, 5.41) is 1.51. The number of benzene rings is 2. The van der Waals surface area contributed by atoms with Gasteiger partial charge in [-0.25, -0.2) is 4.39 Å². The highest BCUT2D eigenvalue weighted by Crippen LogP contribution is 2.65. The van der Waals surface area contributed by atoms with Gasteiger partial charge in [-0.2, -0.15) is 26.3 Å². The third kappa shape index (κ3) is 6.03. The zero-order valence-electron chi connectivity index (χ0n) is 17.6. The highest BCUT2D eigenvalue weighted by Gasteiger charge is 2.67. The standard InChI is InChI=1S/C22H15Cl3F7NO2/c1-9-4-11(7-13(18(9)26)22(30,31)32)16-17(21(16,24)25)15(34)6-10-2-3-14(23)12(5-10)19(35)33-8-20(27,28)29/h2-5,7,16-17H,6,8H2,1H3,(H,33,35). The summed E-state index contributed by atoms with van der Waals surface area (Å²) in [7, 11) is 0. The molecule has 190 valence electrons. The number of amides is 1. The fourth-order valence-electron chi connectivity index (χ4n) is 3.77. The van der Waals surface area contributed by atoms with Gasteiger partial charge in [0.15, 0.2) is 0 Å². The van der Waals surface area contributed by atoms with Crippen molar-refractivity contribution in [1.82, 2.24) is 5.32 Å². The lowest BCUT2D eigenvalue weighted by molar-refractivity contribution is -0.140. The van der Waals surface area contributed by atoms with E-state index in [0.29, 0.717) is 6.07 Å². The minimum atomic E-state index is -4.98. The van der Waals surface area contributed by atoms with Crippen molar-refractivity contribution >= 4 is 46.5 Å². The van der Waals surface area contributed by atoms with Crippen molar-refractivity contribution in [3.8, 4) is 0 Å². The molecule has 35 heavy (non-hydrogen) atoms. The minimum absolute atomic E-state index is 0.0668. The summed E-state index contributed by atoms with van der Waals surface area (Å²) >= 11 is 18.3. The van der Waals surface area contributed by atoms with Crippen molar-refractivity contribution < 1.29 is 40.3 Å². The van der Waals surface area contributed by atoms with E-state index in [1.54, 1.807) is 5.32 Å². The predicted octanol–water partition coefficient (Wildman–Crippen LogP) is 6.80. The first-order chi connectivity index (χ1) is 15.9. The van der Waals surface area contributed by atoms with E-state index in [1.807, 2.05) is 0 Å². The molecule has 2 unspecified atom stereocenters. The fourth-order valence-corrected chi connectivity index (χ4v) is 4.85. The van der Waals surface area contributed by atoms with Crippen LogP contribution in [0, 0.1) is 18.7 Å². The molecule has 0 bridgehead atoms. The lowest BCUT2D eigenvalue weighted by Gasteiger charge is -2.12. The number of carbonyl (C=O) groups excluding carboxylic acids is 2. The molecule has 1 aliphatic rings. The number of ketones is 1. The van der Waals surface area contributed by atoms with Crippen LogP contribution >= 0.6 is 34.8 Å². The Morgan fingerprint density at radius 1 is 1.06 bits per heavy atom. The van der Waals surface area contributed by atoms with E-state index >= 15 is 0 Å². The maximum Gasteiger partial charge on any atom is 0.419 e. The average molecular weight is 565 g/mol. The van der Waals surface area contributed by atoms with E-state index in [0.717, 1.165) is 19.1 Å². The fraction of sp³-hybridized carbons (Fsp3) is 0.364. The van der Waals surface area contributed by atoms with E-state index in [4.69, 9.17) is 34.8 Å². The number of aryl methyl sites for hydroxylation is 1. The SMILES string of the molecule is Cc1cc(C2C(C(=O)Cc3ccc(Cl)c(C(=O)NCC(F)(F)F)c3)C2(Cl)Cl)cc(C(F)(F)F)c1F. The summed E-state index contributed by atoms with van der Waals surface area (Å²) in [4.78, 5) is 24.9. The Hall–Kier alpha value is -2.04. The number of nitrogens with one attached hydrogen (secondary N) is 1. The molecule has 0 aromatic heterocycles. The quantitative estimate of drug-likeness (QED) is 0.310. The highest BCUT2D eigenvalue weighted by molar-refractivity contribution is 6.53. The van der Waals surface area contributed by atoms with Gasteiger partial charge in [0.25, 0.3) is 5.91 Å². The number of Topliss-reactive ketones (excluding diaryl/α,β-unsaturated/α-hetero) is 1. The number of hydrogen-bond donors (Lipinski definition) is 1. The zero-order valence-corrected chi connectivity index (χ0v) is 19.8. The topological polar surface area (TPSA) is 46.2 Å². The molecule has 0 aliphatic heterocycles. The summed E-state index contributed by atoms with van der Waals surface area (Å²) in [6.07, 6.45) is -10.0. The molecule has 0 saturated heterocycles. The monoisotopic (exact) mass is 563 g/mol. The molecule has 1 N–H and O–H groups in total. The van der Waals surface area contributed by atoms with Crippen LogP contribution in [0.25, 0.3) is 0 Å². The summed E-state index contributed by atoms with van der Waals surface area (Å²) in [6, 6.07) is 5.38. The normalized spacial score (nSPS) is 19.4. The number of halogens is 10. The van der Waals surface area contributed by atoms with E-state index in [9.17, 15) is 40.3 Å². The van der Waals surface area contributed by atoms with Crippen molar-refractivity contribution in [3.05, 3.63) is 69.0 Å². The Bertz CT molecular complexity index is 1180. The lowest BCUT2D eigenvalue weighted by Crippen LogP contribution is -2.33. The molecule has 2 aromatic rings. The lowest BCUT2D eigenvalue weighted by atomic mass is 9.98. The van der Waals surface area contributed by atoms with Crippen LogP contribution in [-0.4, -0.2) is 28.7 Å². The van der Waals surface area contributed by atoms with Crippen molar-refractivity contribution in [3.63, 3.8) is 0 Å².